The molecule has 2 fully saturated rings. The maximum atomic E-state index is 15.0. The number of unbranched alkanes of at least 4 members (excludes halogenated alkanes) is 2. The molecule has 0 nitrogen and oxygen atoms in total. The van der Waals surface area contributed by atoms with Gasteiger partial charge in [0.05, 0.1) is 0 Å². The Balaban J connectivity index is 1.58. The Hall–Kier alpha value is -1.36. The molecule has 2 heteroatoms. The van der Waals surface area contributed by atoms with Crippen LogP contribution in [-0.4, -0.2) is 0 Å². The van der Waals surface area contributed by atoms with Gasteiger partial charge in [0.15, 0.2) is 11.6 Å². The minimum atomic E-state index is -0.661. The molecule has 0 aromatic heterocycles. The molecule has 30 heavy (non-hydrogen) atoms. The van der Waals surface area contributed by atoms with Gasteiger partial charge < -0.3 is 0 Å². The first kappa shape index (κ1) is 23.3. The summed E-state index contributed by atoms with van der Waals surface area (Å²) in [5.74, 6) is 4.20. The van der Waals surface area contributed by atoms with Crippen LogP contribution >= 0.6 is 0 Å². The second-order valence-corrected chi connectivity index (χ2v) is 10.1. The van der Waals surface area contributed by atoms with E-state index in [1.807, 2.05) is 6.07 Å². The highest BCUT2D eigenvalue weighted by Crippen LogP contribution is 2.44. The largest absolute Gasteiger partial charge is 0.203 e. The summed E-state index contributed by atoms with van der Waals surface area (Å²) in [5.41, 5.74) is 1.04. The lowest BCUT2D eigenvalue weighted by atomic mass is 9.68. The maximum absolute atomic E-state index is 15.0. The summed E-state index contributed by atoms with van der Waals surface area (Å²) in [6.45, 7) is 4.52. The van der Waals surface area contributed by atoms with Gasteiger partial charge in [-0.3, -0.25) is 0 Å². The predicted molar refractivity (Wildman–Crippen MR) is 122 cm³/mol. The highest BCUT2D eigenvalue weighted by Gasteiger charge is 2.32. The van der Waals surface area contributed by atoms with Crippen LogP contribution in [0.15, 0.2) is 12.1 Å². The van der Waals surface area contributed by atoms with E-state index in [9.17, 15) is 8.78 Å². The predicted octanol–water partition coefficient (Wildman–Crippen LogP) is 8.44. The number of benzene rings is 1. The standard InChI is InChI=1S/C28H40F2/c1-4-6-7-8-21(5-2)19-25-17-18-26(28(30)27(25)29)24-15-13-23(14-16-24)22-11-9-20(3)10-12-22/h2,17-18,20-24H,4,6-16,19H2,1,3H3. The Labute approximate surface area is 183 Å². The highest BCUT2D eigenvalue weighted by molar-refractivity contribution is 5.30. The SMILES string of the molecule is C#CC(CCCCC)Cc1ccc(C2CCC(C3CCC(C)CC3)CC2)c(F)c1F. The quantitative estimate of drug-likeness (QED) is 0.296. The van der Waals surface area contributed by atoms with Crippen LogP contribution in [-0.2, 0) is 6.42 Å². The van der Waals surface area contributed by atoms with Crippen molar-refractivity contribution in [2.45, 2.75) is 103 Å². The van der Waals surface area contributed by atoms with E-state index in [1.54, 1.807) is 6.07 Å². The van der Waals surface area contributed by atoms with E-state index in [4.69, 9.17) is 6.42 Å². The molecule has 2 aliphatic rings. The number of halogens is 2. The zero-order chi connectivity index (χ0) is 21.5. The first-order chi connectivity index (χ1) is 14.5. The van der Waals surface area contributed by atoms with E-state index in [2.05, 4.69) is 19.8 Å². The molecule has 1 aromatic rings. The van der Waals surface area contributed by atoms with Crippen molar-refractivity contribution in [1.82, 2.24) is 0 Å². The molecule has 0 saturated heterocycles. The molecule has 1 unspecified atom stereocenters. The summed E-state index contributed by atoms with van der Waals surface area (Å²) in [6.07, 6.45) is 20.1. The topological polar surface area (TPSA) is 0 Å². The lowest BCUT2D eigenvalue weighted by Gasteiger charge is -2.37. The van der Waals surface area contributed by atoms with Gasteiger partial charge in [-0.1, -0.05) is 58.1 Å². The summed E-state index contributed by atoms with van der Waals surface area (Å²) in [6, 6.07) is 3.65. The molecule has 2 saturated carbocycles. The van der Waals surface area contributed by atoms with E-state index in [0.29, 0.717) is 17.5 Å². The van der Waals surface area contributed by atoms with Crippen molar-refractivity contribution in [3.63, 3.8) is 0 Å². The Kier molecular flexibility index (Phi) is 8.79. The van der Waals surface area contributed by atoms with Gasteiger partial charge >= 0.3 is 0 Å². The van der Waals surface area contributed by atoms with E-state index < -0.39 is 11.6 Å². The average Bonchev–Trinajstić information content (AvgIpc) is 2.77. The van der Waals surface area contributed by atoms with Crippen molar-refractivity contribution < 1.29 is 8.78 Å². The summed E-state index contributed by atoms with van der Waals surface area (Å²) in [7, 11) is 0. The molecule has 1 atom stereocenters. The number of terminal acetylenes is 1. The minimum absolute atomic E-state index is 0.00931. The lowest BCUT2D eigenvalue weighted by molar-refractivity contribution is 0.164. The third-order valence-electron chi connectivity index (χ3n) is 7.99. The molecule has 1 aromatic carbocycles. The van der Waals surface area contributed by atoms with Crippen LogP contribution in [0.2, 0.25) is 0 Å². The second kappa shape index (κ2) is 11.3. The van der Waals surface area contributed by atoms with E-state index in [-0.39, 0.29) is 11.8 Å². The number of hydrogen-bond donors (Lipinski definition) is 0. The number of rotatable bonds is 8. The van der Waals surface area contributed by atoms with Crippen molar-refractivity contribution in [2.24, 2.45) is 23.7 Å². The van der Waals surface area contributed by atoms with Crippen molar-refractivity contribution in [2.75, 3.05) is 0 Å². The monoisotopic (exact) mass is 414 g/mol. The molecule has 0 heterocycles. The van der Waals surface area contributed by atoms with Gasteiger partial charge in [0.2, 0.25) is 0 Å². The van der Waals surface area contributed by atoms with Crippen molar-refractivity contribution in [3.05, 3.63) is 34.9 Å². The highest BCUT2D eigenvalue weighted by atomic mass is 19.2. The molecule has 0 aliphatic heterocycles. The van der Waals surface area contributed by atoms with Crippen molar-refractivity contribution >= 4 is 0 Å². The van der Waals surface area contributed by atoms with Crippen LogP contribution in [0, 0.1) is 47.6 Å². The van der Waals surface area contributed by atoms with Crippen LogP contribution in [0.4, 0.5) is 8.78 Å². The maximum Gasteiger partial charge on any atom is 0.162 e. The third-order valence-corrected chi connectivity index (χ3v) is 7.99. The summed E-state index contributed by atoms with van der Waals surface area (Å²) < 4.78 is 29.8. The summed E-state index contributed by atoms with van der Waals surface area (Å²) in [5, 5.41) is 0. The summed E-state index contributed by atoms with van der Waals surface area (Å²) in [4.78, 5) is 0. The molecular formula is C28H40F2. The first-order valence-electron chi connectivity index (χ1n) is 12.5. The van der Waals surface area contributed by atoms with Crippen LogP contribution in [0.25, 0.3) is 0 Å². The first-order valence-corrected chi connectivity index (χ1v) is 12.5. The summed E-state index contributed by atoms with van der Waals surface area (Å²) >= 11 is 0. The lowest BCUT2D eigenvalue weighted by Crippen LogP contribution is -2.25. The van der Waals surface area contributed by atoms with Crippen LogP contribution in [0.1, 0.15) is 108 Å². The molecule has 2 aliphatic carbocycles. The van der Waals surface area contributed by atoms with Gasteiger partial charge in [-0.15, -0.1) is 12.3 Å². The van der Waals surface area contributed by atoms with Crippen molar-refractivity contribution in [3.8, 4) is 12.3 Å². The van der Waals surface area contributed by atoms with Crippen LogP contribution < -0.4 is 0 Å². The van der Waals surface area contributed by atoms with Gasteiger partial charge in [-0.25, -0.2) is 8.78 Å². The minimum Gasteiger partial charge on any atom is -0.203 e. The Bertz CT molecular complexity index is 700. The fourth-order valence-corrected chi connectivity index (χ4v) is 5.89. The Morgan fingerprint density at radius 2 is 1.57 bits per heavy atom. The normalized spacial score (nSPS) is 28.1. The zero-order valence-corrected chi connectivity index (χ0v) is 19.1. The molecule has 0 N–H and O–H groups in total. The molecule has 0 amide bonds. The second-order valence-electron chi connectivity index (χ2n) is 10.1. The Morgan fingerprint density at radius 3 is 2.17 bits per heavy atom. The van der Waals surface area contributed by atoms with Gasteiger partial charge in [0.1, 0.15) is 0 Å². The smallest absolute Gasteiger partial charge is 0.162 e. The molecule has 0 bridgehead atoms. The third kappa shape index (κ3) is 5.87. The Morgan fingerprint density at radius 1 is 0.933 bits per heavy atom. The molecular weight excluding hydrogens is 374 g/mol. The average molecular weight is 415 g/mol. The molecule has 0 spiro atoms. The molecule has 3 rings (SSSR count). The number of hydrogen-bond acceptors (Lipinski definition) is 0. The van der Waals surface area contributed by atoms with Crippen LogP contribution in [0.5, 0.6) is 0 Å². The fourth-order valence-electron chi connectivity index (χ4n) is 5.89. The molecule has 166 valence electrons. The van der Waals surface area contributed by atoms with E-state index in [0.717, 1.165) is 56.3 Å². The van der Waals surface area contributed by atoms with Crippen LogP contribution in [0.3, 0.4) is 0 Å². The van der Waals surface area contributed by atoms with E-state index in [1.165, 1.54) is 38.5 Å². The molecule has 0 radical (unpaired) electrons. The van der Waals surface area contributed by atoms with Crippen molar-refractivity contribution in [1.29, 1.82) is 0 Å². The van der Waals surface area contributed by atoms with Gasteiger partial charge in [0.25, 0.3) is 0 Å². The van der Waals surface area contributed by atoms with Gasteiger partial charge in [-0.05, 0) is 86.2 Å². The zero-order valence-electron chi connectivity index (χ0n) is 19.1. The van der Waals surface area contributed by atoms with E-state index >= 15 is 0 Å². The van der Waals surface area contributed by atoms with Gasteiger partial charge in [-0.2, -0.15) is 0 Å². The fraction of sp³-hybridized carbons (Fsp3) is 0.714. The van der Waals surface area contributed by atoms with Gasteiger partial charge in [0, 0.05) is 5.92 Å².